The van der Waals surface area contributed by atoms with Crippen molar-refractivity contribution < 1.29 is 9.94 Å². The summed E-state index contributed by atoms with van der Waals surface area (Å²) in [6.45, 7) is 1.76. The summed E-state index contributed by atoms with van der Waals surface area (Å²) in [6.07, 6.45) is 3.46. The van der Waals surface area contributed by atoms with E-state index in [0.29, 0.717) is 5.71 Å². The van der Waals surface area contributed by atoms with Gasteiger partial charge in [-0.3, -0.25) is 4.98 Å². The number of oxime groups is 1. The summed E-state index contributed by atoms with van der Waals surface area (Å²) in [5.41, 5.74) is 3.20. The topological polar surface area (TPSA) is 67.6 Å². The summed E-state index contributed by atoms with van der Waals surface area (Å²) in [5.74, 6) is 0.755. The molecule has 0 aliphatic carbocycles. The predicted octanol–water partition coefficient (Wildman–Crippen LogP) is 4.08. The van der Waals surface area contributed by atoms with E-state index in [-0.39, 0.29) is 0 Å². The van der Waals surface area contributed by atoms with Crippen molar-refractivity contribution in [3.8, 4) is 27.6 Å². The van der Waals surface area contributed by atoms with Crippen LogP contribution in [0.15, 0.2) is 53.9 Å². The molecule has 0 amide bonds. The first kappa shape index (κ1) is 15.2. The molecular weight excluding hydrogens is 310 g/mol. The Morgan fingerprint density at radius 2 is 1.96 bits per heavy atom. The maximum atomic E-state index is 9.17. The van der Waals surface area contributed by atoms with Crippen molar-refractivity contribution in [1.29, 1.82) is 0 Å². The number of methoxy groups -OCH3 is 1. The summed E-state index contributed by atoms with van der Waals surface area (Å²) >= 11 is 1.48. The van der Waals surface area contributed by atoms with E-state index < -0.39 is 0 Å². The molecule has 0 radical (unpaired) electrons. The average Bonchev–Trinajstić information content (AvgIpc) is 3.07. The van der Waals surface area contributed by atoms with E-state index in [9.17, 15) is 5.21 Å². The highest BCUT2D eigenvalue weighted by Crippen LogP contribution is 2.35. The first-order chi connectivity index (χ1) is 11.2. The predicted molar refractivity (Wildman–Crippen MR) is 91.3 cm³/mol. The minimum Gasteiger partial charge on any atom is -0.497 e. The number of hydrogen-bond donors (Lipinski definition) is 1. The molecule has 0 spiro atoms. The molecule has 5 nitrogen and oxygen atoms in total. The maximum absolute atomic E-state index is 9.17. The van der Waals surface area contributed by atoms with Gasteiger partial charge in [-0.05, 0) is 31.2 Å². The second-order valence-electron chi connectivity index (χ2n) is 4.85. The Balaban J connectivity index is 2.16. The summed E-state index contributed by atoms with van der Waals surface area (Å²) < 4.78 is 5.28. The summed E-state index contributed by atoms with van der Waals surface area (Å²) in [7, 11) is 1.63. The van der Waals surface area contributed by atoms with Crippen molar-refractivity contribution in [3.63, 3.8) is 0 Å². The molecule has 0 aliphatic rings. The lowest BCUT2D eigenvalue weighted by molar-refractivity contribution is 0.319. The number of aromatic nitrogens is 2. The molecule has 0 unspecified atom stereocenters. The molecule has 3 aromatic rings. The van der Waals surface area contributed by atoms with Crippen molar-refractivity contribution in [3.05, 3.63) is 53.7 Å². The van der Waals surface area contributed by atoms with Gasteiger partial charge >= 0.3 is 0 Å². The molecule has 0 atom stereocenters. The van der Waals surface area contributed by atoms with Crippen LogP contribution in [0.3, 0.4) is 0 Å². The van der Waals surface area contributed by atoms with Crippen LogP contribution in [0.5, 0.6) is 5.75 Å². The van der Waals surface area contributed by atoms with E-state index in [4.69, 9.17) is 9.72 Å². The van der Waals surface area contributed by atoms with E-state index in [1.54, 1.807) is 26.4 Å². The van der Waals surface area contributed by atoms with Crippen molar-refractivity contribution in [1.82, 2.24) is 9.97 Å². The van der Waals surface area contributed by atoms with E-state index in [1.165, 1.54) is 11.3 Å². The normalized spacial score (nSPS) is 11.5. The standard InChI is InChI=1S/C17H15N3O2S/c1-11(20-21)16-15(13-4-3-5-14(10-13)22-2)19-17(23-16)12-6-8-18-9-7-12/h3-10,21H,1-2H3/b20-11+. The zero-order chi connectivity index (χ0) is 16.2. The number of ether oxygens (including phenoxy) is 1. The van der Waals surface area contributed by atoms with E-state index in [0.717, 1.165) is 32.5 Å². The fourth-order valence-electron chi connectivity index (χ4n) is 2.19. The first-order valence-electron chi connectivity index (χ1n) is 6.97. The van der Waals surface area contributed by atoms with Gasteiger partial charge in [-0.15, -0.1) is 11.3 Å². The third-order valence-corrected chi connectivity index (χ3v) is 4.59. The molecule has 1 aromatic carbocycles. The SMILES string of the molecule is COc1cccc(-c2nc(-c3ccncc3)sc2/C(C)=N/O)c1. The zero-order valence-corrected chi connectivity index (χ0v) is 13.5. The molecule has 0 saturated carbocycles. The fourth-order valence-corrected chi connectivity index (χ4v) is 3.23. The van der Waals surface area contributed by atoms with Crippen LogP contribution in [-0.4, -0.2) is 28.0 Å². The van der Waals surface area contributed by atoms with Gasteiger partial charge in [-0.2, -0.15) is 0 Å². The molecule has 2 aromatic heterocycles. The number of pyridine rings is 1. The van der Waals surface area contributed by atoms with Gasteiger partial charge in [0.05, 0.1) is 23.4 Å². The highest BCUT2D eigenvalue weighted by Gasteiger charge is 2.17. The monoisotopic (exact) mass is 325 g/mol. The Morgan fingerprint density at radius 1 is 1.17 bits per heavy atom. The Morgan fingerprint density at radius 3 is 2.65 bits per heavy atom. The lowest BCUT2D eigenvalue weighted by atomic mass is 10.1. The second kappa shape index (κ2) is 6.58. The van der Waals surface area contributed by atoms with Gasteiger partial charge in [-0.25, -0.2) is 4.98 Å². The van der Waals surface area contributed by atoms with E-state index in [1.807, 2.05) is 36.4 Å². The van der Waals surface area contributed by atoms with Crippen LogP contribution >= 0.6 is 11.3 Å². The zero-order valence-electron chi connectivity index (χ0n) is 12.7. The summed E-state index contributed by atoms with van der Waals surface area (Å²) in [5, 5.41) is 13.4. The maximum Gasteiger partial charge on any atom is 0.124 e. The van der Waals surface area contributed by atoms with Crippen molar-refractivity contribution in [2.75, 3.05) is 7.11 Å². The number of nitrogens with zero attached hydrogens (tertiary/aromatic N) is 3. The molecule has 1 N–H and O–H groups in total. The molecule has 0 saturated heterocycles. The Bertz CT molecular complexity index is 844. The molecule has 0 aliphatic heterocycles. The molecule has 116 valence electrons. The first-order valence-corrected chi connectivity index (χ1v) is 7.79. The lowest BCUT2D eigenvalue weighted by Gasteiger charge is -2.04. The smallest absolute Gasteiger partial charge is 0.124 e. The minimum absolute atomic E-state index is 0.528. The average molecular weight is 325 g/mol. The number of benzene rings is 1. The molecule has 0 bridgehead atoms. The largest absolute Gasteiger partial charge is 0.497 e. The van der Waals surface area contributed by atoms with Crippen LogP contribution in [0.2, 0.25) is 0 Å². The van der Waals surface area contributed by atoms with Crippen LogP contribution in [0, 0.1) is 0 Å². The fraction of sp³-hybridized carbons (Fsp3) is 0.118. The Labute approximate surface area is 137 Å². The quantitative estimate of drug-likeness (QED) is 0.446. The Kier molecular flexibility index (Phi) is 4.34. The number of thiazole rings is 1. The van der Waals surface area contributed by atoms with Gasteiger partial charge in [0.15, 0.2) is 0 Å². The van der Waals surface area contributed by atoms with Crippen molar-refractivity contribution >= 4 is 17.0 Å². The third-order valence-electron chi connectivity index (χ3n) is 3.38. The van der Waals surface area contributed by atoms with Gasteiger partial charge in [0.2, 0.25) is 0 Å². The second-order valence-corrected chi connectivity index (χ2v) is 5.85. The van der Waals surface area contributed by atoms with Gasteiger partial charge in [0.25, 0.3) is 0 Å². The van der Waals surface area contributed by atoms with Crippen LogP contribution in [-0.2, 0) is 0 Å². The molecule has 23 heavy (non-hydrogen) atoms. The van der Waals surface area contributed by atoms with Gasteiger partial charge in [0.1, 0.15) is 10.8 Å². The molecule has 2 heterocycles. The minimum atomic E-state index is 0.528. The Hall–Kier alpha value is -2.73. The van der Waals surface area contributed by atoms with Gasteiger partial charge in [-0.1, -0.05) is 17.3 Å². The molecule has 3 rings (SSSR count). The number of hydrogen-bond acceptors (Lipinski definition) is 6. The van der Waals surface area contributed by atoms with Gasteiger partial charge < -0.3 is 9.94 Å². The number of rotatable bonds is 4. The van der Waals surface area contributed by atoms with Crippen LogP contribution in [0.1, 0.15) is 11.8 Å². The van der Waals surface area contributed by atoms with Crippen molar-refractivity contribution in [2.24, 2.45) is 5.16 Å². The van der Waals surface area contributed by atoms with Gasteiger partial charge in [0, 0.05) is 23.5 Å². The summed E-state index contributed by atoms with van der Waals surface area (Å²) in [6, 6.07) is 11.5. The molecule has 0 fully saturated rings. The third kappa shape index (κ3) is 3.07. The highest BCUT2D eigenvalue weighted by molar-refractivity contribution is 7.17. The highest BCUT2D eigenvalue weighted by atomic mass is 32.1. The lowest BCUT2D eigenvalue weighted by Crippen LogP contribution is -1.94. The van der Waals surface area contributed by atoms with Crippen LogP contribution < -0.4 is 4.74 Å². The molecular formula is C17H15N3O2S. The van der Waals surface area contributed by atoms with Crippen LogP contribution in [0.4, 0.5) is 0 Å². The van der Waals surface area contributed by atoms with Crippen LogP contribution in [0.25, 0.3) is 21.8 Å². The van der Waals surface area contributed by atoms with Crippen molar-refractivity contribution in [2.45, 2.75) is 6.92 Å². The molecule has 6 heteroatoms. The summed E-state index contributed by atoms with van der Waals surface area (Å²) in [4.78, 5) is 9.59. The van der Waals surface area contributed by atoms with E-state index >= 15 is 0 Å². The van der Waals surface area contributed by atoms with E-state index in [2.05, 4.69) is 10.1 Å².